The van der Waals surface area contributed by atoms with E-state index in [-0.39, 0.29) is 0 Å². The van der Waals surface area contributed by atoms with Crippen LogP contribution in [0.25, 0.3) is 0 Å². The molecule has 1 atom stereocenters. The molecule has 1 aliphatic carbocycles. The fourth-order valence-corrected chi connectivity index (χ4v) is 1.68. The van der Waals surface area contributed by atoms with Gasteiger partial charge in [0.1, 0.15) is 0 Å². The average molecular weight is 182 g/mol. The first kappa shape index (κ1) is 10.3. The van der Waals surface area contributed by atoms with Crippen molar-refractivity contribution >= 4 is 5.97 Å². The molecule has 0 saturated heterocycles. The molecule has 13 heavy (non-hydrogen) atoms. The lowest BCUT2D eigenvalue weighted by atomic mass is 9.80. The van der Waals surface area contributed by atoms with Crippen LogP contribution in [0, 0.1) is 11.3 Å². The van der Waals surface area contributed by atoms with Crippen molar-refractivity contribution in [2.24, 2.45) is 11.3 Å². The van der Waals surface area contributed by atoms with Gasteiger partial charge in [-0.25, -0.2) is 0 Å². The van der Waals surface area contributed by atoms with Gasteiger partial charge in [0, 0.05) is 0 Å². The van der Waals surface area contributed by atoms with E-state index < -0.39 is 11.4 Å². The van der Waals surface area contributed by atoms with Crippen molar-refractivity contribution < 1.29 is 9.90 Å². The van der Waals surface area contributed by atoms with E-state index in [4.69, 9.17) is 5.11 Å². The highest BCUT2D eigenvalue weighted by molar-refractivity contribution is 5.75. The second kappa shape index (κ2) is 3.52. The van der Waals surface area contributed by atoms with Crippen LogP contribution in [0.3, 0.4) is 0 Å². The van der Waals surface area contributed by atoms with Gasteiger partial charge in [0.15, 0.2) is 0 Å². The number of allylic oxidation sites excluding steroid dienone is 1. The first-order chi connectivity index (χ1) is 5.97. The van der Waals surface area contributed by atoms with E-state index in [1.807, 2.05) is 13.8 Å². The van der Waals surface area contributed by atoms with Crippen molar-refractivity contribution in [2.75, 3.05) is 0 Å². The summed E-state index contributed by atoms with van der Waals surface area (Å²) in [7, 11) is 0. The van der Waals surface area contributed by atoms with Gasteiger partial charge in [0.2, 0.25) is 0 Å². The summed E-state index contributed by atoms with van der Waals surface area (Å²) in [5, 5.41) is 9.13. The molecular formula is C11H18O2. The predicted molar refractivity (Wildman–Crippen MR) is 52.5 cm³/mol. The van der Waals surface area contributed by atoms with Gasteiger partial charge < -0.3 is 5.11 Å². The Morgan fingerprint density at radius 1 is 1.62 bits per heavy atom. The van der Waals surface area contributed by atoms with E-state index >= 15 is 0 Å². The fraction of sp³-hybridized carbons (Fsp3) is 0.727. The minimum Gasteiger partial charge on any atom is -0.481 e. The summed E-state index contributed by atoms with van der Waals surface area (Å²) < 4.78 is 0. The standard InChI is InChI=1S/C11H18O2/c1-8(2)6-7-11(3,10(12)13)9-4-5-9/h9H,1,4-7H2,2-3H3,(H,12,13). The third-order valence-electron chi connectivity index (χ3n) is 3.04. The van der Waals surface area contributed by atoms with Crippen molar-refractivity contribution in [3.05, 3.63) is 12.2 Å². The van der Waals surface area contributed by atoms with Gasteiger partial charge in [0.05, 0.1) is 5.41 Å². The Labute approximate surface area is 79.6 Å². The molecule has 74 valence electrons. The maximum absolute atomic E-state index is 11.1. The number of carboxylic acids is 1. The van der Waals surface area contributed by atoms with Crippen molar-refractivity contribution in [1.82, 2.24) is 0 Å². The lowest BCUT2D eigenvalue weighted by Gasteiger charge is -2.24. The molecule has 0 aromatic heterocycles. The molecule has 0 amide bonds. The number of carboxylic acid groups (broad SMARTS) is 1. The summed E-state index contributed by atoms with van der Waals surface area (Å²) in [6.45, 7) is 7.63. The molecular weight excluding hydrogens is 164 g/mol. The number of aliphatic carboxylic acids is 1. The van der Waals surface area contributed by atoms with Gasteiger partial charge in [0.25, 0.3) is 0 Å². The Balaban J connectivity index is 2.56. The highest BCUT2D eigenvalue weighted by atomic mass is 16.4. The normalized spacial score (nSPS) is 20.8. The molecule has 1 saturated carbocycles. The second-order valence-corrected chi connectivity index (χ2v) is 4.45. The van der Waals surface area contributed by atoms with Crippen molar-refractivity contribution in [2.45, 2.75) is 39.5 Å². The van der Waals surface area contributed by atoms with E-state index in [1.165, 1.54) is 0 Å². The van der Waals surface area contributed by atoms with Gasteiger partial charge in [-0.3, -0.25) is 4.79 Å². The van der Waals surface area contributed by atoms with E-state index in [0.717, 1.165) is 31.3 Å². The molecule has 1 fully saturated rings. The third-order valence-corrected chi connectivity index (χ3v) is 3.04. The van der Waals surface area contributed by atoms with Crippen LogP contribution >= 0.6 is 0 Å². The number of hydrogen-bond donors (Lipinski definition) is 1. The molecule has 2 nitrogen and oxygen atoms in total. The van der Waals surface area contributed by atoms with Gasteiger partial charge >= 0.3 is 5.97 Å². The zero-order valence-electron chi connectivity index (χ0n) is 8.47. The van der Waals surface area contributed by atoms with Gasteiger partial charge in [-0.15, -0.1) is 6.58 Å². The monoisotopic (exact) mass is 182 g/mol. The first-order valence-electron chi connectivity index (χ1n) is 4.84. The molecule has 0 radical (unpaired) electrons. The number of hydrogen-bond acceptors (Lipinski definition) is 1. The summed E-state index contributed by atoms with van der Waals surface area (Å²) in [5.41, 5.74) is 0.576. The highest BCUT2D eigenvalue weighted by Gasteiger charge is 2.46. The van der Waals surface area contributed by atoms with Gasteiger partial charge in [-0.05, 0) is 45.4 Å². The maximum Gasteiger partial charge on any atom is 0.309 e. The Bertz CT molecular complexity index is 228. The van der Waals surface area contributed by atoms with Crippen LogP contribution in [0.1, 0.15) is 39.5 Å². The number of rotatable bonds is 5. The van der Waals surface area contributed by atoms with Crippen LogP contribution in [-0.4, -0.2) is 11.1 Å². The van der Waals surface area contributed by atoms with Gasteiger partial charge in [-0.1, -0.05) is 5.57 Å². The average Bonchev–Trinajstić information content (AvgIpc) is 2.81. The van der Waals surface area contributed by atoms with Crippen LogP contribution < -0.4 is 0 Å². The third kappa shape index (κ3) is 2.33. The maximum atomic E-state index is 11.1. The summed E-state index contributed by atoms with van der Waals surface area (Å²) in [6, 6.07) is 0. The molecule has 0 aromatic carbocycles. The summed E-state index contributed by atoms with van der Waals surface area (Å²) >= 11 is 0. The highest BCUT2D eigenvalue weighted by Crippen LogP contribution is 2.48. The van der Waals surface area contributed by atoms with Crippen molar-refractivity contribution in [1.29, 1.82) is 0 Å². The topological polar surface area (TPSA) is 37.3 Å². The van der Waals surface area contributed by atoms with Crippen LogP contribution in [0.2, 0.25) is 0 Å². The van der Waals surface area contributed by atoms with Gasteiger partial charge in [-0.2, -0.15) is 0 Å². The molecule has 1 N–H and O–H groups in total. The smallest absolute Gasteiger partial charge is 0.309 e. The van der Waals surface area contributed by atoms with Crippen LogP contribution in [0.4, 0.5) is 0 Å². The zero-order valence-corrected chi connectivity index (χ0v) is 8.47. The largest absolute Gasteiger partial charge is 0.481 e. The van der Waals surface area contributed by atoms with E-state index in [2.05, 4.69) is 6.58 Å². The Kier molecular flexibility index (Phi) is 2.79. The molecule has 0 spiro atoms. The fourth-order valence-electron chi connectivity index (χ4n) is 1.68. The number of carbonyl (C=O) groups is 1. The molecule has 1 unspecified atom stereocenters. The quantitative estimate of drug-likeness (QED) is 0.664. The summed E-state index contributed by atoms with van der Waals surface area (Å²) in [5.74, 6) is -0.236. The van der Waals surface area contributed by atoms with Crippen LogP contribution in [0.15, 0.2) is 12.2 Å². The second-order valence-electron chi connectivity index (χ2n) is 4.45. The summed E-state index contributed by atoms with van der Waals surface area (Å²) in [4.78, 5) is 11.1. The van der Waals surface area contributed by atoms with Crippen molar-refractivity contribution in [3.63, 3.8) is 0 Å². The molecule has 0 bridgehead atoms. The van der Waals surface area contributed by atoms with Crippen molar-refractivity contribution in [3.8, 4) is 0 Å². The molecule has 2 heteroatoms. The van der Waals surface area contributed by atoms with Crippen LogP contribution in [0.5, 0.6) is 0 Å². The van der Waals surface area contributed by atoms with E-state index in [9.17, 15) is 4.79 Å². The molecule has 0 aromatic rings. The Morgan fingerprint density at radius 3 is 2.46 bits per heavy atom. The van der Waals surface area contributed by atoms with Crippen LogP contribution in [-0.2, 0) is 4.79 Å². The summed E-state index contributed by atoms with van der Waals surface area (Å²) in [6.07, 6.45) is 3.74. The lowest BCUT2D eigenvalue weighted by molar-refractivity contribution is -0.149. The van der Waals surface area contributed by atoms with E-state index in [0.29, 0.717) is 5.92 Å². The molecule has 1 aliphatic rings. The molecule has 0 aliphatic heterocycles. The first-order valence-corrected chi connectivity index (χ1v) is 4.84. The lowest BCUT2D eigenvalue weighted by Crippen LogP contribution is -2.29. The minimum atomic E-state index is -0.642. The zero-order chi connectivity index (χ0) is 10.1. The predicted octanol–water partition coefficient (Wildman–Crippen LogP) is 2.84. The Hall–Kier alpha value is -0.790. The minimum absolute atomic E-state index is 0.407. The van der Waals surface area contributed by atoms with E-state index in [1.54, 1.807) is 0 Å². The SMILES string of the molecule is C=C(C)CCC(C)(C(=O)O)C1CC1. The molecule has 0 heterocycles. The molecule has 1 rings (SSSR count). The Morgan fingerprint density at radius 2 is 2.15 bits per heavy atom.